The van der Waals surface area contributed by atoms with Crippen LogP contribution >= 0.6 is 15.9 Å². The molecule has 2 rings (SSSR count). The second-order valence-electron chi connectivity index (χ2n) is 4.51. The Labute approximate surface area is 135 Å². The van der Waals surface area contributed by atoms with Crippen molar-refractivity contribution in [1.29, 1.82) is 0 Å². The molecule has 4 nitrogen and oxygen atoms in total. The second-order valence-corrected chi connectivity index (χ2v) is 5.37. The molecular weight excluding hydrogens is 355 g/mol. The Morgan fingerprint density at radius 3 is 2.59 bits per heavy atom. The third-order valence-corrected chi connectivity index (χ3v) is 3.58. The highest BCUT2D eigenvalue weighted by Gasteiger charge is 2.21. The zero-order valence-electron chi connectivity index (χ0n) is 11.8. The van der Waals surface area contributed by atoms with Gasteiger partial charge in [-0.15, -0.1) is 0 Å². The molecule has 6 heteroatoms. The summed E-state index contributed by atoms with van der Waals surface area (Å²) in [6, 6.07) is 11.8. The molecule has 2 aromatic rings. The zero-order valence-corrected chi connectivity index (χ0v) is 13.3. The standard InChI is InChI=1S/C16H14BrFO4/c1-21-16(20)14(19)11-7-12(17)15(13(18)8-11)22-9-10-5-3-2-4-6-10/h2-8,14,19H,9H2,1H3. The molecule has 0 radical (unpaired) electrons. The number of rotatable bonds is 5. The minimum Gasteiger partial charge on any atom is -0.485 e. The summed E-state index contributed by atoms with van der Waals surface area (Å²) >= 11 is 3.18. The van der Waals surface area contributed by atoms with Gasteiger partial charge < -0.3 is 14.6 Å². The monoisotopic (exact) mass is 368 g/mol. The van der Waals surface area contributed by atoms with Crippen LogP contribution < -0.4 is 4.74 Å². The molecule has 0 aliphatic carbocycles. The van der Waals surface area contributed by atoms with Crippen LogP contribution in [0.25, 0.3) is 0 Å². The van der Waals surface area contributed by atoms with Gasteiger partial charge in [-0.25, -0.2) is 9.18 Å². The number of ether oxygens (including phenoxy) is 2. The maximum Gasteiger partial charge on any atom is 0.339 e. The van der Waals surface area contributed by atoms with Crippen molar-refractivity contribution in [3.05, 3.63) is 63.9 Å². The van der Waals surface area contributed by atoms with Crippen molar-refractivity contribution in [2.45, 2.75) is 12.7 Å². The summed E-state index contributed by atoms with van der Waals surface area (Å²) in [6.45, 7) is 0.204. The highest BCUT2D eigenvalue weighted by molar-refractivity contribution is 9.10. The normalized spacial score (nSPS) is 11.8. The van der Waals surface area contributed by atoms with Crippen molar-refractivity contribution >= 4 is 21.9 Å². The van der Waals surface area contributed by atoms with Crippen molar-refractivity contribution in [2.24, 2.45) is 0 Å². The maximum atomic E-state index is 14.1. The zero-order chi connectivity index (χ0) is 16.1. The lowest BCUT2D eigenvalue weighted by Gasteiger charge is -2.13. The Balaban J connectivity index is 2.18. The molecule has 0 amide bonds. The fourth-order valence-electron chi connectivity index (χ4n) is 1.85. The first-order valence-corrected chi connectivity index (χ1v) is 7.23. The third kappa shape index (κ3) is 3.84. The minimum atomic E-state index is -1.54. The highest BCUT2D eigenvalue weighted by Crippen LogP contribution is 2.32. The predicted molar refractivity (Wildman–Crippen MR) is 81.8 cm³/mol. The number of methoxy groups -OCH3 is 1. The number of halogens is 2. The van der Waals surface area contributed by atoms with Crippen molar-refractivity contribution in [1.82, 2.24) is 0 Å². The van der Waals surface area contributed by atoms with Crippen LogP contribution in [0.3, 0.4) is 0 Å². The summed E-state index contributed by atoms with van der Waals surface area (Å²) in [5, 5.41) is 9.73. The SMILES string of the molecule is COC(=O)C(O)c1cc(F)c(OCc2ccccc2)c(Br)c1. The van der Waals surface area contributed by atoms with Gasteiger partial charge in [-0.2, -0.15) is 0 Å². The van der Waals surface area contributed by atoms with E-state index in [1.54, 1.807) is 0 Å². The fraction of sp³-hybridized carbons (Fsp3) is 0.188. The lowest BCUT2D eigenvalue weighted by molar-refractivity contribution is -0.150. The van der Waals surface area contributed by atoms with Gasteiger partial charge in [0.1, 0.15) is 6.61 Å². The van der Waals surface area contributed by atoms with E-state index in [4.69, 9.17) is 4.74 Å². The molecule has 1 N–H and O–H groups in total. The van der Waals surface area contributed by atoms with Crippen LogP contribution in [0, 0.1) is 5.82 Å². The van der Waals surface area contributed by atoms with Crippen molar-refractivity contribution in [3.63, 3.8) is 0 Å². The molecule has 2 aromatic carbocycles. The molecule has 0 bridgehead atoms. The molecule has 1 unspecified atom stereocenters. The molecule has 0 fully saturated rings. The van der Waals surface area contributed by atoms with E-state index in [1.165, 1.54) is 6.07 Å². The van der Waals surface area contributed by atoms with E-state index in [9.17, 15) is 14.3 Å². The van der Waals surface area contributed by atoms with E-state index >= 15 is 0 Å². The Bertz CT molecular complexity index is 637. The summed E-state index contributed by atoms with van der Waals surface area (Å²) in [7, 11) is 1.15. The number of hydrogen-bond donors (Lipinski definition) is 1. The van der Waals surface area contributed by atoms with Crippen molar-refractivity contribution in [3.8, 4) is 5.75 Å². The van der Waals surface area contributed by atoms with Crippen molar-refractivity contribution in [2.75, 3.05) is 7.11 Å². The molecule has 0 aliphatic rings. The van der Waals surface area contributed by atoms with Crippen LogP contribution in [0.1, 0.15) is 17.2 Å². The van der Waals surface area contributed by atoms with Gasteiger partial charge in [0, 0.05) is 0 Å². The first-order chi connectivity index (χ1) is 10.5. The summed E-state index contributed by atoms with van der Waals surface area (Å²) in [4.78, 5) is 11.3. The summed E-state index contributed by atoms with van der Waals surface area (Å²) < 4.78 is 24.3. The lowest BCUT2D eigenvalue weighted by Crippen LogP contribution is -2.14. The van der Waals surface area contributed by atoms with Gasteiger partial charge in [0.2, 0.25) is 0 Å². The van der Waals surface area contributed by atoms with E-state index in [1.807, 2.05) is 30.3 Å². The Kier molecular flexibility index (Phi) is 5.51. The average Bonchev–Trinajstić information content (AvgIpc) is 2.53. The lowest BCUT2D eigenvalue weighted by atomic mass is 10.1. The molecule has 116 valence electrons. The molecule has 0 saturated heterocycles. The number of esters is 1. The third-order valence-electron chi connectivity index (χ3n) is 2.99. The van der Waals surface area contributed by atoms with Crippen LogP contribution in [0.4, 0.5) is 4.39 Å². The van der Waals surface area contributed by atoms with Gasteiger partial charge in [0.15, 0.2) is 17.7 Å². The first-order valence-electron chi connectivity index (χ1n) is 6.44. The van der Waals surface area contributed by atoms with Crippen LogP contribution in [-0.2, 0) is 16.1 Å². The smallest absolute Gasteiger partial charge is 0.339 e. The molecule has 0 aromatic heterocycles. The molecule has 1 atom stereocenters. The number of aliphatic hydroxyl groups excluding tert-OH is 1. The summed E-state index contributed by atoms with van der Waals surface area (Å²) in [6.07, 6.45) is -1.54. The van der Waals surface area contributed by atoms with Crippen LogP contribution in [-0.4, -0.2) is 18.2 Å². The van der Waals surface area contributed by atoms with Gasteiger partial charge in [0.05, 0.1) is 11.6 Å². The van der Waals surface area contributed by atoms with Gasteiger partial charge in [0.25, 0.3) is 0 Å². The quantitative estimate of drug-likeness (QED) is 0.822. The van der Waals surface area contributed by atoms with Crippen LogP contribution in [0.15, 0.2) is 46.9 Å². The Morgan fingerprint density at radius 2 is 2.00 bits per heavy atom. The number of benzene rings is 2. The van der Waals surface area contributed by atoms with Gasteiger partial charge >= 0.3 is 5.97 Å². The number of carbonyl (C=O) groups excluding carboxylic acids is 1. The minimum absolute atomic E-state index is 0.0182. The van der Waals surface area contributed by atoms with E-state index in [-0.39, 0.29) is 17.9 Å². The molecule has 0 saturated carbocycles. The molecule has 0 aliphatic heterocycles. The fourth-order valence-corrected chi connectivity index (χ4v) is 2.42. The summed E-state index contributed by atoms with van der Waals surface area (Å²) in [5.41, 5.74) is 0.982. The number of aliphatic hydroxyl groups is 1. The predicted octanol–water partition coefficient (Wildman–Crippen LogP) is 3.37. The van der Waals surface area contributed by atoms with E-state index in [2.05, 4.69) is 20.7 Å². The second kappa shape index (κ2) is 7.38. The topological polar surface area (TPSA) is 55.8 Å². The van der Waals surface area contributed by atoms with E-state index in [0.29, 0.717) is 4.47 Å². The van der Waals surface area contributed by atoms with Gasteiger partial charge in [-0.05, 0) is 39.2 Å². The van der Waals surface area contributed by atoms with Gasteiger partial charge in [-0.1, -0.05) is 30.3 Å². The number of carbonyl (C=O) groups is 1. The summed E-state index contributed by atoms with van der Waals surface area (Å²) in [5.74, 6) is -1.52. The molecular formula is C16H14BrFO4. The van der Waals surface area contributed by atoms with Crippen LogP contribution in [0.2, 0.25) is 0 Å². The Morgan fingerprint density at radius 1 is 1.32 bits per heavy atom. The van der Waals surface area contributed by atoms with Gasteiger partial charge in [-0.3, -0.25) is 0 Å². The first kappa shape index (κ1) is 16.5. The molecule has 0 heterocycles. The largest absolute Gasteiger partial charge is 0.485 e. The maximum absolute atomic E-state index is 14.1. The Hall–Kier alpha value is -1.92. The molecule has 22 heavy (non-hydrogen) atoms. The number of hydrogen-bond acceptors (Lipinski definition) is 4. The van der Waals surface area contributed by atoms with Crippen molar-refractivity contribution < 1.29 is 23.8 Å². The van der Waals surface area contributed by atoms with E-state index < -0.39 is 17.9 Å². The average molecular weight is 369 g/mol. The molecule has 0 spiro atoms. The van der Waals surface area contributed by atoms with E-state index in [0.717, 1.165) is 18.7 Å². The highest BCUT2D eigenvalue weighted by atomic mass is 79.9. The van der Waals surface area contributed by atoms with Crippen LogP contribution in [0.5, 0.6) is 5.75 Å².